The molecule has 7 heteroatoms. The van der Waals surface area contributed by atoms with E-state index in [1.807, 2.05) is 0 Å². The van der Waals surface area contributed by atoms with Gasteiger partial charge in [-0.3, -0.25) is 4.79 Å². The van der Waals surface area contributed by atoms with E-state index in [0.29, 0.717) is 18.4 Å². The number of hydrogen-bond acceptors (Lipinski definition) is 3. The van der Waals surface area contributed by atoms with Gasteiger partial charge in [-0.15, -0.1) is 0 Å². The van der Waals surface area contributed by atoms with Crippen LogP contribution in [0.5, 0.6) is 0 Å². The molecule has 3 nitrogen and oxygen atoms in total. The first-order chi connectivity index (χ1) is 10.2. The van der Waals surface area contributed by atoms with Crippen LogP contribution in [-0.4, -0.2) is 11.5 Å². The van der Waals surface area contributed by atoms with E-state index in [1.54, 1.807) is 0 Å². The van der Waals surface area contributed by atoms with Crippen LogP contribution in [-0.2, 0) is 6.18 Å². The number of Topliss-reactive ketones (excluding diaryl/α,β-unsaturated/α-hetero) is 1. The highest BCUT2D eigenvalue weighted by atomic mass is 35.5. The van der Waals surface area contributed by atoms with Crippen LogP contribution in [0.2, 0.25) is 5.02 Å². The molecule has 1 saturated carbocycles. The number of benzene rings is 1. The fraction of sp³-hybridized carbons (Fsp3) is 0.333. The summed E-state index contributed by atoms with van der Waals surface area (Å²) in [5.74, 6) is -0.973. The van der Waals surface area contributed by atoms with Gasteiger partial charge in [0.05, 0.1) is 21.8 Å². The molecular formula is C15H14ClF3N2O. The van der Waals surface area contributed by atoms with Gasteiger partial charge < -0.3 is 11.1 Å². The number of halogens is 4. The lowest BCUT2D eigenvalue weighted by Crippen LogP contribution is -2.23. The van der Waals surface area contributed by atoms with Crippen molar-refractivity contribution in [3.05, 3.63) is 45.6 Å². The van der Waals surface area contributed by atoms with Crippen molar-refractivity contribution < 1.29 is 18.0 Å². The number of alkyl halides is 3. The fourth-order valence-electron chi connectivity index (χ4n) is 2.47. The number of carbonyl (C=O) groups excluding carboxylic acids is 1. The molecule has 1 aliphatic rings. The molecule has 0 radical (unpaired) electrons. The largest absolute Gasteiger partial charge is 0.417 e. The maximum atomic E-state index is 13.1. The van der Waals surface area contributed by atoms with Gasteiger partial charge in [-0.05, 0) is 43.4 Å². The van der Waals surface area contributed by atoms with Crippen molar-refractivity contribution in [2.45, 2.75) is 31.9 Å². The minimum Gasteiger partial charge on any atom is -0.395 e. The summed E-state index contributed by atoms with van der Waals surface area (Å²) in [5, 5.41) is 7.52. The Morgan fingerprint density at radius 2 is 1.86 bits per heavy atom. The van der Waals surface area contributed by atoms with Gasteiger partial charge in [0, 0.05) is 5.71 Å². The molecule has 0 aromatic heterocycles. The van der Waals surface area contributed by atoms with E-state index in [4.69, 9.17) is 22.7 Å². The van der Waals surface area contributed by atoms with Crippen molar-refractivity contribution in [1.82, 2.24) is 0 Å². The van der Waals surface area contributed by atoms with Gasteiger partial charge in [-0.1, -0.05) is 17.7 Å². The molecule has 0 atom stereocenters. The van der Waals surface area contributed by atoms with E-state index in [0.717, 1.165) is 25.0 Å². The van der Waals surface area contributed by atoms with Crippen molar-refractivity contribution in [3.63, 3.8) is 0 Å². The normalized spacial score (nSPS) is 18.3. The molecule has 0 amide bonds. The first-order valence-corrected chi connectivity index (χ1v) is 7.08. The Kier molecular flexibility index (Phi) is 4.60. The second-order valence-electron chi connectivity index (χ2n) is 5.07. The summed E-state index contributed by atoms with van der Waals surface area (Å²) in [6, 6.07) is 3.14. The Morgan fingerprint density at radius 1 is 1.23 bits per heavy atom. The minimum atomic E-state index is -4.71. The molecule has 1 aromatic carbocycles. The SMILES string of the molecule is N=C1CCCCC1=C(N)C(=O)c1c(Cl)cccc1C(F)(F)F. The highest BCUT2D eigenvalue weighted by molar-refractivity contribution is 6.35. The Bertz CT molecular complexity index is 665. The zero-order chi connectivity index (χ0) is 16.5. The van der Waals surface area contributed by atoms with Crippen LogP contribution >= 0.6 is 11.6 Å². The second-order valence-corrected chi connectivity index (χ2v) is 5.47. The highest BCUT2D eigenvalue weighted by Gasteiger charge is 2.37. The van der Waals surface area contributed by atoms with Gasteiger partial charge in [0.2, 0.25) is 5.78 Å². The molecule has 0 aliphatic heterocycles. The monoisotopic (exact) mass is 330 g/mol. The van der Waals surface area contributed by atoms with Crippen molar-refractivity contribution in [2.24, 2.45) is 5.73 Å². The number of rotatable bonds is 2. The predicted octanol–water partition coefficient (Wildman–Crippen LogP) is 4.35. The second kappa shape index (κ2) is 6.12. The minimum absolute atomic E-state index is 0.206. The summed E-state index contributed by atoms with van der Waals surface area (Å²) >= 11 is 5.80. The Balaban J connectivity index is 2.55. The number of hydrogen-bond donors (Lipinski definition) is 2. The van der Waals surface area contributed by atoms with Gasteiger partial charge >= 0.3 is 6.18 Å². The van der Waals surface area contributed by atoms with E-state index in [1.165, 1.54) is 6.07 Å². The van der Waals surface area contributed by atoms with E-state index in [9.17, 15) is 18.0 Å². The lowest BCUT2D eigenvalue weighted by atomic mass is 9.89. The molecule has 118 valence electrons. The zero-order valence-electron chi connectivity index (χ0n) is 11.6. The van der Waals surface area contributed by atoms with Crippen LogP contribution in [0.4, 0.5) is 13.2 Å². The third kappa shape index (κ3) is 3.16. The molecule has 0 bridgehead atoms. The lowest BCUT2D eigenvalue weighted by Gasteiger charge is -2.19. The number of nitrogens with two attached hydrogens (primary N) is 1. The van der Waals surface area contributed by atoms with Gasteiger partial charge in [0.1, 0.15) is 0 Å². The fourth-order valence-corrected chi connectivity index (χ4v) is 2.73. The van der Waals surface area contributed by atoms with Crippen LogP contribution in [0.25, 0.3) is 0 Å². The first-order valence-electron chi connectivity index (χ1n) is 6.70. The van der Waals surface area contributed by atoms with Crippen molar-refractivity contribution in [3.8, 4) is 0 Å². The Hall–Kier alpha value is -1.82. The lowest BCUT2D eigenvalue weighted by molar-refractivity contribution is -0.137. The smallest absolute Gasteiger partial charge is 0.395 e. The summed E-state index contributed by atoms with van der Waals surface area (Å²) in [4.78, 5) is 12.4. The van der Waals surface area contributed by atoms with Crippen LogP contribution in [0.1, 0.15) is 41.6 Å². The zero-order valence-corrected chi connectivity index (χ0v) is 12.3. The third-order valence-corrected chi connectivity index (χ3v) is 3.90. The topological polar surface area (TPSA) is 66.9 Å². The highest BCUT2D eigenvalue weighted by Crippen LogP contribution is 2.36. The maximum Gasteiger partial charge on any atom is 0.417 e. The Labute approximate surface area is 130 Å². The van der Waals surface area contributed by atoms with Crippen molar-refractivity contribution in [1.29, 1.82) is 5.41 Å². The molecule has 1 aromatic rings. The van der Waals surface area contributed by atoms with Crippen LogP contribution in [0.3, 0.4) is 0 Å². The average molecular weight is 331 g/mol. The van der Waals surface area contributed by atoms with E-state index >= 15 is 0 Å². The molecule has 2 rings (SSSR count). The molecule has 3 N–H and O–H groups in total. The van der Waals surface area contributed by atoms with Crippen LogP contribution in [0.15, 0.2) is 29.5 Å². The van der Waals surface area contributed by atoms with Gasteiger partial charge in [-0.25, -0.2) is 0 Å². The maximum absolute atomic E-state index is 13.1. The average Bonchev–Trinajstić information content (AvgIpc) is 2.45. The van der Waals surface area contributed by atoms with Crippen molar-refractivity contribution >= 4 is 23.1 Å². The number of carbonyl (C=O) groups is 1. The molecule has 0 heterocycles. The summed E-state index contributed by atoms with van der Waals surface area (Å²) in [6.45, 7) is 0. The number of ketones is 1. The molecule has 0 unspecified atom stereocenters. The van der Waals surface area contributed by atoms with Crippen LogP contribution < -0.4 is 5.73 Å². The summed E-state index contributed by atoms with van der Waals surface area (Å²) in [6.07, 6.45) is -2.26. The molecule has 0 spiro atoms. The van der Waals surface area contributed by atoms with Gasteiger partial charge in [-0.2, -0.15) is 13.2 Å². The van der Waals surface area contributed by atoms with E-state index in [2.05, 4.69) is 0 Å². The summed E-state index contributed by atoms with van der Waals surface area (Å²) in [5.41, 5.74) is 4.20. The van der Waals surface area contributed by atoms with E-state index in [-0.39, 0.29) is 16.4 Å². The summed E-state index contributed by atoms with van der Waals surface area (Å²) in [7, 11) is 0. The quantitative estimate of drug-likeness (QED) is 0.625. The first kappa shape index (κ1) is 16.5. The molecule has 1 fully saturated rings. The van der Waals surface area contributed by atoms with Gasteiger partial charge in [0.15, 0.2) is 0 Å². The molecule has 1 aliphatic carbocycles. The van der Waals surface area contributed by atoms with Gasteiger partial charge in [0.25, 0.3) is 0 Å². The van der Waals surface area contributed by atoms with Crippen LogP contribution in [0, 0.1) is 5.41 Å². The molecule has 0 saturated heterocycles. The standard InChI is InChI=1S/C15H14ClF3N2O/c16-10-6-3-5-9(15(17,18)19)12(10)14(22)13(21)8-4-1-2-7-11(8)20/h3,5-6,20H,1-2,4,7,21H2. The van der Waals surface area contributed by atoms with Crippen molar-refractivity contribution in [2.75, 3.05) is 0 Å². The van der Waals surface area contributed by atoms with E-state index < -0.39 is 23.1 Å². The molecular weight excluding hydrogens is 317 g/mol. The molecule has 22 heavy (non-hydrogen) atoms. The Morgan fingerprint density at radius 3 is 2.45 bits per heavy atom. The number of nitrogens with one attached hydrogen (secondary N) is 1. The third-order valence-electron chi connectivity index (χ3n) is 3.58. The summed E-state index contributed by atoms with van der Waals surface area (Å²) < 4.78 is 39.2. The number of allylic oxidation sites excluding steroid dienone is 2. The predicted molar refractivity (Wildman–Crippen MR) is 78.2 cm³/mol.